The van der Waals surface area contributed by atoms with Crippen molar-refractivity contribution in [3.05, 3.63) is 93.5 Å². The van der Waals surface area contributed by atoms with Crippen LogP contribution in [-0.2, 0) is 16.0 Å². The van der Waals surface area contributed by atoms with Crippen molar-refractivity contribution in [2.45, 2.75) is 25.3 Å². The second-order valence-electron chi connectivity index (χ2n) is 9.23. The molecule has 0 aromatic heterocycles. The number of carbonyl (C=O) groups excluding carboxylic acids is 3. The van der Waals surface area contributed by atoms with Crippen LogP contribution >= 0.6 is 23.2 Å². The van der Waals surface area contributed by atoms with Crippen LogP contribution in [0.25, 0.3) is 0 Å². The molecule has 0 saturated heterocycles. The number of benzene rings is 3. The molecule has 10 heteroatoms. The minimum Gasteiger partial charge on any atom is -0.490 e. The van der Waals surface area contributed by atoms with Gasteiger partial charge in [0.15, 0.2) is 11.5 Å². The van der Waals surface area contributed by atoms with Gasteiger partial charge in [0.1, 0.15) is 11.1 Å². The molecule has 0 bridgehead atoms. The summed E-state index contributed by atoms with van der Waals surface area (Å²) in [4.78, 5) is 41.1. The fourth-order valence-corrected chi connectivity index (χ4v) is 4.44. The maximum atomic E-state index is 13.5. The van der Waals surface area contributed by atoms with Crippen LogP contribution in [0.2, 0.25) is 10.0 Å². The van der Waals surface area contributed by atoms with Crippen molar-refractivity contribution in [2.24, 2.45) is 0 Å². The summed E-state index contributed by atoms with van der Waals surface area (Å²) < 4.78 is 16.4. The zero-order valence-electron chi connectivity index (χ0n) is 22.6. The Morgan fingerprint density at radius 2 is 1.57 bits per heavy atom. The van der Waals surface area contributed by atoms with Crippen LogP contribution in [0.3, 0.4) is 0 Å². The highest BCUT2D eigenvalue weighted by atomic mass is 35.5. The number of ether oxygens (including phenoxy) is 3. The van der Waals surface area contributed by atoms with E-state index in [-0.39, 0.29) is 39.1 Å². The van der Waals surface area contributed by atoms with Crippen LogP contribution in [0.1, 0.15) is 39.1 Å². The quantitative estimate of drug-likeness (QED) is 0.162. The van der Waals surface area contributed by atoms with Crippen molar-refractivity contribution in [1.82, 2.24) is 10.2 Å². The van der Waals surface area contributed by atoms with Gasteiger partial charge in [-0.25, -0.2) is 9.59 Å². The number of esters is 2. The van der Waals surface area contributed by atoms with E-state index in [1.54, 1.807) is 30.3 Å². The van der Waals surface area contributed by atoms with Crippen molar-refractivity contribution in [3.8, 4) is 11.5 Å². The zero-order valence-corrected chi connectivity index (χ0v) is 24.1. The molecule has 0 aliphatic carbocycles. The molecule has 40 heavy (non-hydrogen) atoms. The fraction of sp³-hybridized carbons (Fsp3) is 0.300. The number of unbranched alkanes of at least 4 members (excludes halogenated alkanes) is 1. The third kappa shape index (κ3) is 8.71. The van der Waals surface area contributed by atoms with Gasteiger partial charge in [0, 0.05) is 6.42 Å². The maximum absolute atomic E-state index is 13.5. The van der Waals surface area contributed by atoms with E-state index in [1.807, 2.05) is 44.4 Å². The third-order valence-electron chi connectivity index (χ3n) is 5.90. The van der Waals surface area contributed by atoms with Crippen molar-refractivity contribution in [3.63, 3.8) is 0 Å². The van der Waals surface area contributed by atoms with E-state index in [1.165, 1.54) is 13.2 Å². The average Bonchev–Trinajstić information content (AvgIpc) is 2.95. The summed E-state index contributed by atoms with van der Waals surface area (Å²) in [5, 5.41) is 2.59. The van der Waals surface area contributed by atoms with Gasteiger partial charge in [-0.3, -0.25) is 4.79 Å². The Bertz CT molecular complexity index is 1300. The SMILES string of the molecule is COC(=O)[C@H](Cc1ccccc1)NC(=O)c1cc(Cl)c(OCCCCN(C)C)c(Cl)c1OC(=O)c1ccccc1. The molecule has 1 N–H and O–H groups in total. The van der Waals surface area contributed by atoms with Gasteiger partial charge in [0.25, 0.3) is 5.91 Å². The molecule has 3 aromatic rings. The number of hydrogen-bond donors (Lipinski definition) is 1. The number of nitrogens with one attached hydrogen (secondary N) is 1. The summed E-state index contributed by atoms with van der Waals surface area (Å²) in [6.07, 6.45) is 1.79. The monoisotopic (exact) mass is 586 g/mol. The molecule has 3 rings (SSSR count). The molecule has 0 radical (unpaired) electrons. The Kier molecular flexibility index (Phi) is 11.8. The van der Waals surface area contributed by atoms with Crippen molar-refractivity contribution in [2.75, 3.05) is 34.4 Å². The molecule has 3 aromatic carbocycles. The fourth-order valence-electron chi connectivity index (χ4n) is 3.84. The molecule has 0 fully saturated rings. The minimum absolute atomic E-state index is 0.0555. The summed E-state index contributed by atoms with van der Waals surface area (Å²) in [6.45, 7) is 1.20. The van der Waals surface area contributed by atoms with Crippen LogP contribution < -0.4 is 14.8 Å². The molecule has 1 atom stereocenters. The van der Waals surface area contributed by atoms with Gasteiger partial charge in [-0.1, -0.05) is 71.7 Å². The number of hydrogen-bond acceptors (Lipinski definition) is 7. The average molecular weight is 588 g/mol. The highest BCUT2D eigenvalue weighted by Gasteiger charge is 2.29. The van der Waals surface area contributed by atoms with Crippen LogP contribution in [-0.4, -0.2) is 63.1 Å². The number of rotatable bonds is 13. The van der Waals surface area contributed by atoms with E-state index in [0.29, 0.717) is 6.61 Å². The second kappa shape index (κ2) is 15.3. The predicted octanol–water partition coefficient (Wildman–Crippen LogP) is 5.45. The Balaban J connectivity index is 1.93. The molecule has 8 nitrogen and oxygen atoms in total. The molecule has 0 unspecified atom stereocenters. The first-order valence-electron chi connectivity index (χ1n) is 12.7. The highest BCUT2D eigenvalue weighted by molar-refractivity contribution is 6.39. The lowest BCUT2D eigenvalue weighted by molar-refractivity contribution is -0.142. The Labute approximate surface area is 244 Å². The topological polar surface area (TPSA) is 94.2 Å². The molecule has 212 valence electrons. The highest BCUT2D eigenvalue weighted by Crippen LogP contribution is 2.43. The van der Waals surface area contributed by atoms with E-state index >= 15 is 0 Å². The molecule has 0 aliphatic rings. The first kappa shape index (κ1) is 30.9. The van der Waals surface area contributed by atoms with Crippen LogP contribution in [0.5, 0.6) is 11.5 Å². The lowest BCUT2D eigenvalue weighted by Crippen LogP contribution is -2.43. The van der Waals surface area contributed by atoms with Crippen LogP contribution in [0, 0.1) is 0 Å². The lowest BCUT2D eigenvalue weighted by atomic mass is 10.0. The van der Waals surface area contributed by atoms with E-state index in [2.05, 4.69) is 10.2 Å². The summed E-state index contributed by atoms with van der Waals surface area (Å²) >= 11 is 13.1. The minimum atomic E-state index is -1.03. The number of halogens is 2. The molecule has 1 amide bonds. The number of amides is 1. The van der Waals surface area contributed by atoms with Gasteiger partial charge >= 0.3 is 11.9 Å². The lowest BCUT2D eigenvalue weighted by Gasteiger charge is -2.20. The molecule has 0 spiro atoms. The van der Waals surface area contributed by atoms with Crippen LogP contribution in [0.15, 0.2) is 66.7 Å². The molecule has 0 saturated carbocycles. The largest absolute Gasteiger partial charge is 0.490 e. The summed E-state index contributed by atoms with van der Waals surface area (Å²) in [5.74, 6) is -2.25. The zero-order chi connectivity index (χ0) is 29.1. The molecular weight excluding hydrogens is 555 g/mol. The first-order chi connectivity index (χ1) is 19.2. The first-order valence-corrected chi connectivity index (χ1v) is 13.5. The Morgan fingerprint density at radius 3 is 2.20 bits per heavy atom. The number of nitrogens with zero attached hydrogens (tertiary/aromatic N) is 1. The van der Waals surface area contributed by atoms with Crippen LogP contribution in [0.4, 0.5) is 0 Å². The van der Waals surface area contributed by atoms with E-state index < -0.39 is 23.9 Å². The third-order valence-corrected chi connectivity index (χ3v) is 6.52. The maximum Gasteiger partial charge on any atom is 0.343 e. The summed E-state index contributed by atoms with van der Waals surface area (Å²) in [7, 11) is 5.20. The van der Waals surface area contributed by atoms with Gasteiger partial charge in [-0.05, 0) is 57.2 Å². The van der Waals surface area contributed by atoms with E-state index in [4.69, 9.17) is 37.4 Å². The van der Waals surface area contributed by atoms with Gasteiger partial charge in [-0.15, -0.1) is 0 Å². The van der Waals surface area contributed by atoms with E-state index in [9.17, 15) is 14.4 Å². The van der Waals surface area contributed by atoms with E-state index in [0.717, 1.165) is 24.9 Å². The standard InChI is InChI=1S/C30H32Cl2N2O6/c1-34(2)16-10-11-17-39-27-23(31)19-22(26(25(27)32)40-29(36)21-14-8-5-9-15-21)28(35)33-24(30(37)38-3)18-20-12-6-4-7-13-20/h4-9,12-15,19,24H,10-11,16-18H2,1-3H3,(H,33,35)/t24-/m0/s1. The van der Waals surface area contributed by atoms with Crippen molar-refractivity contribution >= 4 is 41.0 Å². The number of carbonyl (C=O) groups is 3. The molecular formula is C30H32Cl2N2O6. The van der Waals surface area contributed by atoms with Gasteiger partial charge in [0.2, 0.25) is 0 Å². The van der Waals surface area contributed by atoms with Gasteiger partial charge in [-0.2, -0.15) is 0 Å². The van der Waals surface area contributed by atoms with Crippen molar-refractivity contribution < 1.29 is 28.6 Å². The Morgan fingerprint density at radius 1 is 0.925 bits per heavy atom. The Hall–Kier alpha value is -3.59. The summed E-state index contributed by atoms with van der Waals surface area (Å²) in [5.41, 5.74) is 0.923. The summed E-state index contributed by atoms with van der Waals surface area (Å²) in [6, 6.07) is 17.7. The molecule has 0 heterocycles. The second-order valence-corrected chi connectivity index (χ2v) is 10.0. The van der Waals surface area contributed by atoms with Gasteiger partial charge < -0.3 is 24.4 Å². The number of methoxy groups -OCH3 is 1. The smallest absolute Gasteiger partial charge is 0.343 e. The molecule has 0 aliphatic heterocycles. The van der Waals surface area contributed by atoms with Gasteiger partial charge in [0.05, 0.1) is 29.9 Å². The predicted molar refractivity (Wildman–Crippen MR) is 155 cm³/mol. The van der Waals surface area contributed by atoms with Crippen molar-refractivity contribution in [1.29, 1.82) is 0 Å². The normalized spacial score (nSPS) is 11.6.